The van der Waals surface area contributed by atoms with Gasteiger partial charge in [0, 0.05) is 5.02 Å². The summed E-state index contributed by atoms with van der Waals surface area (Å²) >= 11 is 10.7. The predicted molar refractivity (Wildman–Crippen MR) is 76.3 cm³/mol. The molecule has 1 aromatic heterocycles. The standard InChI is InChI=1S/C12H9BrClNO2S/c1-6-3-4-7(5-8(6)14)10-9(11(16)17-2)15-12(13)18-10/h3-5H,1-2H3. The van der Waals surface area contributed by atoms with E-state index in [-0.39, 0.29) is 0 Å². The second-order valence-corrected chi connectivity index (χ2v) is 6.28. The van der Waals surface area contributed by atoms with E-state index in [0.29, 0.717) is 14.6 Å². The van der Waals surface area contributed by atoms with Gasteiger partial charge in [-0.25, -0.2) is 9.78 Å². The molecule has 0 fully saturated rings. The summed E-state index contributed by atoms with van der Waals surface area (Å²) in [5.41, 5.74) is 2.15. The van der Waals surface area contributed by atoms with Gasteiger partial charge in [0.25, 0.3) is 0 Å². The molecule has 0 radical (unpaired) electrons. The third kappa shape index (κ3) is 2.58. The molecule has 0 aliphatic rings. The van der Waals surface area contributed by atoms with E-state index in [9.17, 15) is 4.79 Å². The van der Waals surface area contributed by atoms with E-state index < -0.39 is 5.97 Å². The number of carbonyl (C=O) groups is 1. The Bertz CT molecular complexity index is 612. The Morgan fingerprint density at radius 3 is 2.83 bits per heavy atom. The monoisotopic (exact) mass is 345 g/mol. The molecule has 94 valence electrons. The summed E-state index contributed by atoms with van der Waals surface area (Å²) in [4.78, 5) is 16.5. The molecular weight excluding hydrogens is 338 g/mol. The fourth-order valence-electron chi connectivity index (χ4n) is 1.46. The number of carbonyl (C=O) groups excluding carboxylic acids is 1. The van der Waals surface area contributed by atoms with Gasteiger partial charge in [0.2, 0.25) is 0 Å². The van der Waals surface area contributed by atoms with Crippen LogP contribution in [-0.4, -0.2) is 18.1 Å². The molecule has 1 aromatic carbocycles. The van der Waals surface area contributed by atoms with Crippen molar-refractivity contribution in [3.05, 3.63) is 38.4 Å². The number of methoxy groups -OCH3 is 1. The summed E-state index contributed by atoms with van der Waals surface area (Å²) in [5.74, 6) is -0.455. The molecule has 6 heteroatoms. The Labute approximate surface area is 122 Å². The third-order valence-electron chi connectivity index (χ3n) is 2.41. The van der Waals surface area contributed by atoms with Gasteiger partial charge in [0.15, 0.2) is 9.61 Å². The number of hydrogen-bond acceptors (Lipinski definition) is 4. The number of thiazole rings is 1. The molecule has 0 saturated heterocycles. The van der Waals surface area contributed by atoms with Gasteiger partial charge in [-0.15, -0.1) is 11.3 Å². The van der Waals surface area contributed by atoms with Crippen molar-refractivity contribution in [1.29, 1.82) is 0 Å². The van der Waals surface area contributed by atoms with Crippen LogP contribution < -0.4 is 0 Å². The molecule has 0 atom stereocenters. The quantitative estimate of drug-likeness (QED) is 0.760. The van der Waals surface area contributed by atoms with Gasteiger partial charge in [-0.2, -0.15) is 0 Å². The van der Waals surface area contributed by atoms with Crippen molar-refractivity contribution in [2.45, 2.75) is 6.92 Å². The molecular formula is C12H9BrClNO2S. The number of aryl methyl sites for hydroxylation is 1. The Kier molecular flexibility index (Phi) is 4.04. The third-order valence-corrected chi connectivity index (χ3v) is 4.38. The zero-order chi connectivity index (χ0) is 13.3. The molecule has 2 rings (SSSR count). The van der Waals surface area contributed by atoms with Gasteiger partial charge in [-0.05, 0) is 40.0 Å². The lowest BCUT2D eigenvalue weighted by molar-refractivity contribution is 0.0595. The number of hydrogen-bond donors (Lipinski definition) is 0. The number of halogens is 2. The number of ether oxygens (including phenoxy) is 1. The van der Waals surface area contributed by atoms with E-state index in [2.05, 4.69) is 20.9 Å². The normalized spacial score (nSPS) is 10.4. The molecule has 0 aliphatic carbocycles. The minimum absolute atomic E-state index is 0.300. The van der Waals surface area contributed by atoms with Crippen LogP contribution in [0.25, 0.3) is 10.4 Å². The number of esters is 1. The van der Waals surface area contributed by atoms with Crippen LogP contribution in [0.4, 0.5) is 0 Å². The van der Waals surface area contributed by atoms with E-state index in [1.807, 2.05) is 25.1 Å². The van der Waals surface area contributed by atoms with Crippen LogP contribution >= 0.6 is 38.9 Å². The minimum atomic E-state index is -0.455. The summed E-state index contributed by atoms with van der Waals surface area (Å²) in [6, 6.07) is 5.64. The maximum Gasteiger partial charge on any atom is 0.358 e. The average molecular weight is 347 g/mol. The highest BCUT2D eigenvalue weighted by atomic mass is 79.9. The summed E-state index contributed by atoms with van der Waals surface area (Å²) in [7, 11) is 1.33. The van der Waals surface area contributed by atoms with E-state index in [1.54, 1.807) is 0 Å². The van der Waals surface area contributed by atoms with Gasteiger partial charge >= 0.3 is 5.97 Å². The van der Waals surface area contributed by atoms with Crippen LogP contribution in [-0.2, 0) is 4.74 Å². The molecule has 2 aromatic rings. The SMILES string of the molecule is COC(=O)c1nc(Br)sc1-c1ccc(C)c(Cl)c1. The highest BCUT2D eigenvalue weighted by molar-refractivity contribution is 9.11. The van der Waals surface area contributed by atoms with Gasteiger partial charge in [0.05, 0.1) is 12.0 Å². The highest BCUT2D eigenvalue weighted by Crippen LogP contribution is 2.35. The molecule has 0 amide bonds. The van der Waals surface area contributed by atoms with E-state index >= 15 is 0 Å². The van der Waals surface area contributed by atoms with Crippen molar-refractivity contribution in [2.24, 2.45) is 0 Å². The predicted octanol–water partition coefficient (Wildman–Crippen LogP) is 4.32. The van der Waals surface area contributed by atoms with Crippen molar-refractivity contribution in [3.63, 3.8) is 0 Å². The van der Waals surface area contributed by atoms with Crippen molar-refractivity contribution in [3.8, 4) is 10.4 Å². The molecule has 0 N–H and O–H groups in total. The molecule has 0 saturated carbocycles. The lowest BCUT2D eigenvalue weighted by Gasteiger charge is -2.03. The molecule has 18 heavy (non-hydrogen) atoms. The van der Waals surface area contributed by atoms with Gasteiger partial charge < -0.3 is 4.74 Å². The molecule has 0 spiro atoms. The van der Waals surface area contributed by atoms with E-state index in [0.717, 1.165) is 16.0 Å². The van der Waals surface area contributed by atoms with Crippen LogP contribution in [0.1, 0.15) is 16.1 Å². The van der Waals surface area contributed by atoms with Crippen LogP contribution in [0.3, 0.4) is 0 Å². The zero-order valence-electron chi connectivity index (χ0n) is 9.66. The Hall–Kier alpha value is -0.910. The first-order valence-corrected chi connectivity index (χ1v) is 7.03. The maximum absolute atomic E-state index is 11.6. The maximum atomic E-state index is 11.6. The van der Waals surface area contributed by atoms with Gasteiger partial charge in [-0.3, -0.25) is 0 Å². The molecule has 1 heterocycles. The second-order valence-electron chi connectivity index (χ2n) is 3.60. The van der Waals surface area contributed by atoms with Gasteiger partial charge in [-0.1, -0.05) is 23.7 Å². The Morgan fingerprint density at radius 2 is 2.22 bits per heavy atom. The number of rotatable bonds is 2. The average Bonchev–Trinajstić information content (AvgIpc) is 2.74. The van der Waals surface area contributed by atoms with Crippen molar-refractivity contribution in [1.82, 2.24) is 4.98 Å². The van der Waals surface area contributed by atoms with Crippen LogP contribution in [0.2, 0.25) is 5.02 Å². The number of nitrogens with zero attached hydrogens (tertiary/aromatic N) is 1. The topological polar surface area (TPSA) is 39.2 Å². The molecule has 0 bridgehead atoms. The summed E-state index contributed by atoms with van der Waals surface area (Å²) in [6.07, 6.45) is 0. The summed E-state index contributed by atoms with van der Waals surface area (Å²) in [6.45, 7) is 1.93. The summed E-state index contributed by atoms with van der Waals surface area (Å²) in [5, 5.41) is 0.660. The Morgan fingerprint density at radius 1 is 1.50 bits per heavy atom. The van der Waals surface area contributed by atoms with Gasteiger partial charge in [0.1, 0.15) is 0 Å². The van der Waals surface area contributed by atoms with Crippen LogP contribution in [0.15, 0.2) is 22.1 Å². The fraction of sp³-hybridized carbons (Fsp3) is 0.167. The first-order chi connectivity index (χ1) is 8.52. The molecule has 0 unspecified atom stereocenters. The number of benzene rings is 1. The lowest BCUT2D eigenvalue weighted by atomic mass is 10.1. The number of aromatic nitrogens is 1. The van der Waals surface area contributed by atoms with Crippen molar-refractivity contribution >= 4 is 44.8 Å². The first kappa shape index (κ1) is 13.5. The highest BCUT2D eigenvalue weighted by Gasteiger charge is 2.19. The summed E-state index contributed by atoms with van der Waals surface area (Å²) < 4.78 is 5.35. The smallest absolute Gasteiger partial charge is 0.358 e. The van der Waals surface area contributed by atoms with Crippen LogP contribution in [0.5, 0.6) is 0 Å². The van der Waals surface area contributed by atoms with E-state index in [4.69, 9.17) is 16.3 Å². The van der Waals surface area contributed by atoms with Crippen molar-refractivity contribution in [2.75, 3.05) is 7.11 Å². The Balaban J connectivity index is 2.56. The lowest BCUT2D eigenvalue weighted by Crippen LogP contribution is -2.03. The van der Waals surface area contributed by atoms with Crippen molar-refractivity contribution < 1.29 is 9.53 Å². The van der Waals surface area contributed by atoms with Crippen LogP contribution in [0, 0.1) is 6.92 Å². The largest absolute Gasteiger partial charge is 0.464 e. The first-order valence-electron chi connectivity index (χ1n) is 5.04. The zero-order valence-corrected chi connectivity index (χ0v) is 12.8. The minimum Gasteiger partial charge on any atom is -0.464 e. The van der Waals surface area contributed by atoms with E-state index in [1.165, 1.54) is 18.4 Å². The fourth-order valence-corrected chi connectivity index (χ4v) is 3.08. The second kappa shape index (κ2) is 5.38. The molecule has 3 nitrogen and oxygen atoms in total. The molecule has 0 aliphatic heterocycles.